The molecule has 0 saturated heterocycles. The number of sulfonamides is 1. The van der Waals surface area contributed by atoms with Gasteiger partial charge in [0.1, 0.15) is 11.6 Å². The van der Waals surface area contributed by atoms with Crippen LogP contribution in [0, 0.1) is 11.6 Å². The number of halogens is 2. The first-order chi connectivity index (χ1) is 11.5. The van der Waals surface area contributed by atoms with Gasteiger partial charge in [-0.3, -0.25) is 4.98 Å². The summed E-state index contributed by atoms with van der Waals surface area (Å²) in [5.41, 5.74) is 2.25. The van der Waals surface area contributed by atoms with Gasteiger partial charge in [-0.05, 0) is 41.3 Å². The molecule has 0 amide bonds. The van der Waals surface area contributed by atoms with Crippen LogP contribution in [0.1, 0.15) is 5.56 Å². The Hall–Kier alpha value is -2.16. The average molecular weight is 366 g/mol. The Morgan fingerprint density at radius 2 is 1.88 bits per heavy atom. The van der Waals surface area contributed by atoms with E-state index in [1.165, 1.54) is 11.3 Å². The monoisotopic (exact) mass is 366 g/mol. The molecule has 0 spiro atoms. The maximum absolute atomic E-state index is 13.7. The van der Waals surface area contributed by atoms with Crippen molar-refractivity contribution in [3.8, 4) is 11.3 Å². The number of nitrogens with zero attached hydrogens (tertiary/aromatic N) is 1. The van der Waals surface area contributed by atoms with Crippen molar-refractivity contribution in [2.24, 2.45) is 0 Å². The highest BCUT2D eigenvalue weighted by Crippen LogP contribution is 2.21. The minimum Gasteiger partial charge on any atom is -0.256 e. The summed E-state index contributed by atoms with van der Waals surface area (Å²) < 4.78 is 53.8. The van der Waals surface area contributed by atoms with Gasteiger partial charge in [0.05, 0.1) is 5.69 Å². The van der Waals surface area contributed by atoms with Gasteiger partial charge < -0.3 is 0 Å². The highest BCUT2D eigenvalue weighted by atomic mass is 32.2. The van der Waals surface area contributed by atoms with Crippen molar-refractivity contribution < 1.29 is 17.2 Å². The molecular formula is C16H12F2N2O2S2. The van der Waals surface area contributed by atoms with Gasteiger partial charge in [-0.1, -0.05) is 6.07 Å². The van der Waals surface area contributed by atoms with Gasteiger partial charge in [-0.15, -0.1) is 0 Å². The van der Waals surface area contributed by atoms with Crippen LogP contribution in [0.4, 0.5) is 8.78 Å². The molecule has 1 N–H and O–H groups in total. The standard InChI is InChI=1S/C16H12F2N2O2S2/c17-13-2-1-3-14(18)16(13)24(21,22)20-9-11-4-6-19-15(8-11)12-5-7-23-10-12/h1-8,10,20H,9H2. The zero-order valence-corrected chi connectivity index (χ0v) is 13.9. The Labute approximate surface area is 141 Å². The minimum atomic E-state index is -4.30. The van der Waals surface area contributed by atoms with Crippen molar-refractivity contribution in [3.05, 3.63) is 70.6 Å². The van der Waals surface area contributed by atoms with Crippen LogP contribution in [-0.4, -0.2) is 13.4 Å². The van der Waals surface area contributed by atoms with Crippen LogP contribution in [-0.2, 0) is 16.6 Å². The highest BCUT2D eigenvalue weighted by Gasteiger charge is 2.23. The van der Waals surface area contributed by atoms with Crippen molar-refractivity contribution in [3.63, 3.8) is 0 Å². The molecule has 4 nitrogen and oxygen atoms in total. The van der Waals surface area contributed by atoms with E-state index in [1.54, 1.807) is 18.3 Å². The summed E-state index contributed by atoms with van der Waals surface area (Å²) in [5, 5.41) is 3.83. The van der Waals surface area contributed by atoms with Gasteiger partial charge in [0.25, 0.3) is 0 Å². The molecule has 0 aliphatic heterocycles. The fourth-order valence-electron chi connectivity index (χ4n) is 2.14. The second-order valence-corrected chi connectivity index (χ2v) is 7.42. The first-order valence-corrected chi connectivity index (χ1v) is 9.31. The molecule has 1 aromatic carbocycles. The molecule has 0 aliphatic rings. The van der Waals surface area contributed by atoms with Crippen molar-refractivity contribution in [1.29, 1.82) is 0 Å². The van der Waals surface area contributed by atoms with Crippen LogP contribution in [0.2, 0.25) is 0 Å². The third kappa shape index (κ3) is 3.50. The predicted molar refractivity (Wildman–Crippen MR) is 87.9 cm³/mol. The van der Waals surface area contributed by atoms with Crippen LogP contribution >= 0.6 is 11.3 Å². The maximum atomic E-state index is 13.7. The van der Waals surface area contributed by atoms with Gasteiger partial charge in [0, 0.05) is 23.7 Å². The van der Waals surface area contributed by atoms with Gasteiger partial charge in [-0.2, -0.15) is 11.3 Å². The SMILES string of the molecule is O=S(=O)(NCc1ccnc(-c2ccsc2)c1)c1c(F)cccc1F. The molecule has 0 fully saturated rings. The van der Waals surface area contributed by atoms with E-state index in [4.69, 9.17) is 0 Å². The van der Waals surface area contributed by atoms with E-state index in [-0.39, 0.29) is 6.54 Å². The van der Waals surface area contributed by atoms with E-state index in [2.05, 4.69) is 9.71 Å². The number of rotatable bonds is 5. The molecule has 0 radical (unpaired) electrons. The van der Waals surface area contributed by atoms with Crippen LogP contribution < -0.4 is 4.72 Å². The number of pyridine rings is 1. The summed E-state index contributed by atoms with van der Waals surface area (Å²) in [4.78, 5) is 3.25. The van der Waals surface area contributed by atoms with Crippen LogP contribution in [0.5, 0.6) is 0 Å². The van der Waals surface area contributed by atoms with E-state index < -0.39 is 26.6 Å². The number of hydrogen-bond acceptors (Lipinski definition) is 4. The molecule has 24 heavy (non-hydrogen) atoms. The predicted octanol–water partition coefficient (Wildman–Crippen LogP) is 3.57. The lowest BCUT2D eigenvalue weighted by molar-refractivity contribution is 0.514. The molecule has 3 rings (SSSR count). The third-order valence-electron chi connectivity index (χ3n) is 3.30. The summed E-state index contributed by atoms with van der Waals surface area (Å²) >= 11 is 1.52. The molecule has 2 aromatic heterocycles. The second kappa shape index (κ2) is 6.76. The van der Waals surface area contributed by atoms with E-state index >= 15 is 0 Å². The molecule has 2 heterocycles. The summed E-state index contributed by atoms with van der Waals surface area (Å²) in [6.45, 7) is -0.101. The summed E-state index contributed by atoms with van der Waals surface area (Å²) in [6.07, 6.45) is 1.56. The van der Waals surface area contributed by atoms with Gasteiger partial charge in [0.2, 0.25) is 10.0 Å². The van der Waals surface area contributed by atoms with Crippen molar-refractivity contribution in [1.82, 2.24) is 9.71 Å². The smallest absolute Gasteiger partial charge is 0.246 e. The molecule has 0 atom stereocenters. The minimum absolute atomic E-state index is 0.101. The van der Waals surface area contributed by atoms with Crippen molar-refractivity contribution in [2.75, 3.05) is 0 Å². The van der Waals surface area contributed by atoms with E-state index in [0.29, 0.717) is 11.3 Å². The summed E-state index contributed by atoms with van der Waals surface area (Å²) in [7, 11) is -4.30. The zero-order chi connectivity index (χ0) is 17.2. The fraction of sp³-hybridized carbons (Fsp3) is 0.0625. The van der Waals surface area contributed by atoms with Crippen molar-refractivity contribution >= 4 is 21.4 Å². The van der Waals surface area contributed by atoms with Gasteiger partial charge in [-0.25, -0.2) is 21.9 Å². The topological polar surface area (TPSA) is 59.1 Å². The molecule has 0 saturated carbocycles. The van der Waals surface area contributed by atoms with Crippen LogP contribution in [0.25, 0.3) is 11.3 Å². The van der Waals surface area contributed by atoms with Crippen LogP contribution in [0.3, 0.4) is 0 Å². The first kappa shape index (κ1) is 16.7. The Kier molecular flexibility index (Phi) is 4.70. The van der Waals surface area contributed by atoms with Crippen LogP contribution in [0.15, 0.2) is 58.3 Å². The lowest BCUT2D eigenvalue weighted by Gasteiger charge is -2.09. The molecule has 124 valence electrons. The van der Waals surface area contributed by atoms with Gasteiger partial charge >= 0.3 is 0 Å². The quantitative estimate of drug-likeness (QED) is 0.751. The number of thiophene rings is 1. The molecular weight excluding hydrogens is 354 g/mol. The highest BCUT2D eigenvalue weighted by molar-refractivity contribution is 7.89. The zero-order valence-electron chi connectivity index (χ0n) is 12.2. The maximum Gasteiger partial charge on any atom is 0.246 e. The lowest BCUT2D eigenvalue weighted by Crippen LogP contribution is -2.25. The Balaban J connectivity index is 1.82. The normalized spacial score (nSPS) is 11.6. The van der Waals surface area contributed by atoms with E-state index in [9.17, 15) is 17.2 Å². The average Bonchev–Trinajstić information content (AvgIpc) is 3.07. The molecule has 0 unspecified atom stereocenters. The number of aromatic nitrogens is 1. The summed E-state index contributed by atoms with van der Waals surface area (Å²) in [6, 6.07) is 8.17. The molecule has 0 aliphatic carbocycles. The lowest BCUT2D eigenvalue weighted by atomic mass is 10.1. The third-order valence-corrected chi connectivity index (χ3v) is 5.43. The Bertz CT molecular complexity index is 938. The largest absolute Gasteiger partial charge is 0.256 e. The first-order valence-electron chi connectivity index (χ1n) is 6.88. The Morgan fingerprint density at radius 3 is 2.54 bits per heavy atom. The molecule has 3 aromatic rings. The number of hydrogen-bond donors (Lipinski definition) is 1. The molecule has 8 heteroatoms. The van der Waals surface area contributed by atoms with Crippen molar-refractivity contribution in [2.45, 2.75) is 11.4 Å². The fourth-order valence-corrected chi connectivity index (χ4v) is 3.94. The molecule has 0 bridgehead atoms. The summed E-state index contributed by atoms with van der Waals surface area (Å²) in [5.74, 6) is -2.26. The number of nitrogens with one attached hydrogen (secondary N) is 1. The second-order valence-electron chi connectivity index (χ2n) is 4.94. The van der Waals surface area contributed by atoms with E-state index in [1.807, 2.05) is 16.8 Å². The Morgan fingerprint density at radius 1 is 1.12 bits per heavy atom. The number of benzene rings is 1. The van der Waals surface area contributed by atoms with Gasteiger partial charge in [0.15, 0.2) is 4.90 Å². The van der Waals surface area contributed by atoms with E-state index in [0.717, 1.165) is 23.8 Å².